The van der Waals surface area contributed by atoms with Gasteiger partial charge in [0.05, 0.1) is 15.7 Å². The lowest BCUT2D eigenvalue weighted by Crippen LogP contribution is -2.23. The van der Waals surface area contributed by atoms with E-state index in [4.69, 9.17) is 29.0 Å². The molecule has 1 heterocycles. The Morgan fingerprint density at radius 2 is 1.82 bits per heavy atom. The summed E-state index contributed by atoms with van der Waals surface area (Å²) in [6.07, 6.45) is 5.78. The minimum absolute atomic E-state index is 0.506. The van der Waals surface area contributed by atoms with Crippen molar-refractivity contribution in [2.45, 2.75) is 32.1 Å². The molecule has 0 aliphatic heterocycles. The van der Waals surface area contributed by atoms with Crippen LogP contribution in [-0.4, -0.2) is 10.4 Å². The van der Waals surface area contributed by atoms with E-state index in [2.05, 4.69) is 10.2 Å². The summed E-state index contributed by atoms with van der Waals surface area (Å²) < 4.78 is 1.54. The first-order valence-electron chi connectivity index (χ1n) is 7.15. The molecule has 0 radical (unpaired) electrons. The van der Waals surface area contributed by atoms with Crippen molar-refractivity contribution in [2.75, 3.05) is 5.84 Å². The zero-order valence-corrected chi connectivity index (χ0v) is 14.3. The molecule has 2 N–H and O–H groups in total. The number of benzene rings is 1. The molecule has 116 valence electrons. The minimum atomic E-state index is 0.506. The van der Waals surface area contributed by atoms with Crippen LogP contribution in [0.5, 0.6) is 0 Å². The molecule has 0 saturated heterocycles. The zero-order valence-electron chi connectivity index (χ0n) is 11.9. The molecular weight excluding hydrogens is 339 g/mol. The van der Waals surface area contributed by atoms with Gasteiger partial charge in [-0.3, -0.25) is 0 Å². The molecule has 0 atom stereocenters. The number of hydrogen-bond donors (Lipinski definition) is 1. The molecule has 1 aliphatic rings. The highest BCUT2D eigenvalue weighted by Crippen LogP contribution is 2.28. The third-order valence-electron chi connectivity index (χ3n) is 3.66. The van der Waals surface area contributed by atoms with E-state index in [9.17, 15) is 0 Å². The summed E-state index contributed by atoms with van der Waals surface area (Å²) in [5, 5.41) is 11.6. The third kappa shape index (κ3) is 3.37. The summed E-state index contributed by atoms with van der Waals surface area (Å²) in [5.41, 5.74) is 2.90. The largest absolute Gasteiger partial charge is 0.336 e. The van der Waals surface area contributed by atoms with Crippen molar-refractivity contribution in [3.63, 3.8) is 0 Å². The van der Waals surface area contributed by atoms with Crippen LogP contribution in [0, 0.1) is 0 Å². The zero-order chi connectivity index (χ0) is 15.5. The summed E-state index contributed by atoms with van der Waals surface area (Å²) in [5.74, 6) is 6.13. The predicted molar refractivity (Wildman–Crippen MR) is 94.0 cm³/mol. The van der Waals surface area contributed by atoms with Crippen LogP contribution in [0.1, 0.15) is 32.1 Å². The lowest BCUT2D eigenvalue weighted by molar-refractivity contribution is 0.663. The van der Waals surface area contributed by atoms with Crippen molar-refractivity contribution in [1.29, 1.82) is 0 Å². The molecule has 1 aromatic carbocycles. The maximum absolute atomic E-state index is 6.13. The van der Waals surface area contributed by atoms with Gasteiger partial charge in [-0.15, -0.1) is 16.4 Å². The Kier molecular flexibility index (Phi) is 4.86. The highest BCUT2D eigenvalue weighted by Gasteiger charge is 2.09. The molecule has 1 aliphatic carbocycles. The van der Waals surface area contributed by atoms with Crippen molar-refractivity contribution in [3.8, 4) is 11.3 Å². The standard InChI is InChI=1S/C15H16Cl2N4S/c16-12-7-6-10(8-13(12)17)14-9-22-15(21(14)18)20-19-11-4-2-1-3-5-11/h6-9H,1-5,18H2/b20-15-. The number of nitrogens with zero attached hydrogens (tertiary/aromatic N) is 3. The molecule has 0 amide bonds. The molecule has 1 aromatic heterocycles. The molecule has 1 saturated carbocycles. The van der Waals surface area contributed by atoms with Gasteiger partial charge in [0.2, 0.25) is 4.80 Å². The highest BCUT2D eigenvalue weighted by atomic mass is 35.5. The van der Waals surface area contributed by atoms with Gasteiger partial charge in [-0.25, -0.2) is 4.68 Å². The van der Waals surface area contributed by atoms with Crippen molar-refractivity contribution >= 4 is 40.3 Å². The van der Waals surface area contributed by atoms with Gasteiger partial charge in [-0.2, -0.15) is 5.10 Å². The van der Waals surface area contributed by atoms with Crippen LogP contribution in [0.4, 0.5) is 0 Å². The Labute approximate surface area is 142 Å². The van der Waals surface area contributed by atoms with Crippen LogP contribution >= 0.6 is 34.5 Å². The van der Waals surface area contributed by atoms with Gasteiger partial charge in [0, 0.05) is 16.7 Å². The van der Waals surface area contributed by atoms with Crippen LogP contribution in [0.25, 0.3) is 11.3 Å². The van der Waals surface area contributed by atoms with Crippen molar-refractivity contribution in [2.24, 2.45) is 10.2 Å². The van der Waals surface area contributed by atoms with E-state index >= 15 is 0 Å². The average molecular weight is 355 g/mol. The second-order valence-corrected chi connectivity index (χ2v) is 6.88. The van der Waals surface area contributed by atoms with E-state index in [-0.39, 0.29) is 0 Å². The molecule has 0 spiro atoms. The predicted octanol–water partition coefficient (Wildman–Crippen LogP) is 4.46. The van der Waals surface area contributed by atoms with Gasteiger partial charge < -0.3 is 5.84 Å². The van der Waals surface area contributed by atoms with E-state index in [1.807, 2.05) is 11.4 Å². The van der Waals surface area contributed by atoms with Crippen LogP contribution < -0.4 is 10.6 Å². The maximum atomic E-state index is 6.13. The molecular formula is C15H16Cl2N4S. The van der Waals surface area contributed by atoms with E-state index in [1.54, 1.807) is 12.1 Å². The Morgan fingerprint density at radius 1 is 1.05 bits per heavy atom. The first-order valence-corrected chi connectivity index (χ1v) is 8.79. The number of hydrogen-bond acceptors (Lipinski definition) is 4. The fraction of sp³-hybridized carbons (Fsp3) is 0.333. The minimum Gasteiger partial charge on any atom is -0.336 e. The Bertz CT molecular complexity index is 768. The van der Waals surface area contributed by atoms with Crippen molar-refractivity contribution in [3.05, 3.63) is 38.4 Å². The molecule has 0 unspecified atom stereocenters. The fourth-order valence-electron chi connectivity index (χ4n) is 2.43. The number of thiazole rings is 1. The van der Waals surface area contributed by atoms with Crippen LogP contribution in [0.2, 0.25) is 10.0 Å². The monoisotopic (exact) mass is 354 g/mol. The van der Waals surface area contributed by atoms with E-state index in [1.165, 1.54) is 35.3 Å². The van der Waals surface area contributed by atoms with Gasteiger partial charge in [0.15, 0.2) is 0 Å². The van der Waals surface area contributed by atoms with Gasteiger partial charge in [-0.05, 0) is 37.8 Å². The van der Waals surface area contributed by atoms with Crippen molar-refractivity contribution < 1.29 is 0 Å². The van der Waals surface area contributed by atoms with Crippen LogP contribution in [0.3, 0.4) is 0 Å². The van der Waals surface area contributed by atoms with Gasteiger partial charge >= 0.3 is 0 Å². The molecule has 0 bridgehead atoms. The SMILES string of the molecule is Nn1c(-c2ccc(Cl)c(Cl)c2)cs/c1=N\N=C1CCCCC1. The number of halogens is 2. The van der Waals surface area contributed by atoms with E-state index < -0.39 is 0 Å². The first kappa shape index (κ1) is 15.6. The van der Waals surface area contributed by atoms with E-state index in [0.717, 1.165) is 29.8 Å². The lowest BCUT2D eigenvalue weighted by Gasteiger charge is -2.09. The molecule has 2 aromatic rings. The summed E-state index contributed by atoms with van der Waals surface area (Å²) in [4.78, 5) is 0.666. The first-order chi connectivity index (χ1) is 10.6. The van der Waals surface area contributed by atoms with Gasteiger partial charge in [-0.1, -0.05) is 35.7 Å². The maximum Gasteiger partial charge on any atom is 0.229 e. The molecule has 4 nitrogen and oxygen atoms in total. The highest BCUT2D eigenvalue weighted by molar-refractivity contribution is 7.07. The van der Waals surface area contributed by atoms with Crippen LogP contribution in [-0.2, 0) is 0 Å². The average Bonchev–Trinajstić information content (AvgIpc) is 2.90. The lowest BCUT2D eigenvalue weighted by atomic mass is 9.99. The Balaban J connectivity index is 1.92. The fourth-order valence-corrected chi connectivity index (χ4v) is 3.50. The third-order valence-corrected chi connectivity index (χ3v) is 5.23. The Morgan fingerprint density at radius 3 is 2.55 bits per heavy atom. The summed E-state index contributed by atoms with van der Waals surface area (Å²) in [7, 11) is 0. The topological polar surface area (TPSA) is 55.7 Å². The second-order valence-electron chi connectivity index (χ2n) is 5.23. The number of aromatic nitrogens is 1. The molecule has 3 rings (SSSR count). The summed E-state index contributed by atoms with van der Waals surface area (Å²) in [6.45, 7) is 0. The van der Waals surface area contributed by atoms with Crippen LogP contribution in [0.15, 0.2) is 33.8 Å². The second kappa shape index (κ2) is 6.86. The molecule has 7 heteroatoms. The van der Waals surface area contributed by atoms with Crippen molar-refractivity contribution in [1.82, 2.24) is 4.68 Å². The smallest absolute Gasteiger partial charge is 0.229 e. The molecule has 1 fully saturated rings. The number of nitrogen functional groups attached to an aromatic ring is 1. The Hall–Kier alpha value is -1.30. The normalized spacial score (nSPS) is 16.1. The van der Waals surface area contributed by atoms with Gasteiger partial charge in [0.1, 0.15) is 0 Å². The quantitative estimate of drug-likeness (QED) is 0.628. The van der Waals surface area contributed by atoms with Gasteiger partial charge in [0.25, 0.3) is 0 Å². The van der Waals surface area contributed by atoms with E-state index in [0.29, 0.717) is 14.8 Å². The number of nitrogens with two attached hydrogens (primary N) is 1. The summed E-state index contributed by atoms with van der Waals surface area (Å²) in [6, 6.07) is 5.44. The summed E-state index contributed by atoms with van der Waals surface area (Å²) >= 11 is 13.5. The number of rotatable bonds is 2. The molecule has 22 heavy (non-hydrogen) atoms.